The first-order valence-corrected chi connectivity index (χ1v) is 6.82. The Balaban J connectivity index is 2.17. The second kappa shape index (κ2) is 6.54. The number of hydroxylamine groups is 1. The van der Waals surface area contributed by atoms with Gasteiger partial charge >= 0.3 is 6.09 Å². The first-order chi connectivity index (χ1) is 10.5. The predicted octanol–water partition coefficient (Wildman–Crippen LogP) is 1.04. The number of hydrogen-bond acceptors (Lipinski definition) is 6. The van der Waals surface area contributed by atoms with Crippen molar-refractivity contribution in [2.24, 2.45) is 11.5 Å². The SMILES string of the molecule is N=C(N)Nc1nc(-c2cccc(C(=N)NOC(N)=O)c2)cs1. The summed E-state index contributed by atoms with van der Waals surface area (Å²) in [5, 5.41) is 19.8. The summed E-state index contributed by atoms with van der Waals surface area (Å²) >= 11 is 1.30. The third-order valence-corrected chi connectivity index (χ3v) is 3.20. The molecule has 2 rings (SSSR count). The van der Waals surface area contributed by atoms with Gasteiger partial charge in [-0.25, -0.2) is 9.78 Å². The van der Waals surface area contributed by atoms with Crippen LogP contribution >= 0.6 is 11.3 Å². The fraction of sp³-hybridized carbons (Fsp3) is 0. The second-order valence-corrected chi connectivity index (χ2v) is 4.91. The van der Waals surface area contributed by atoms with E-state index in [0.717, 1.165) is 5.56 Å². The van der Waals surface area contributed by atoms with Gasteiger partial charge < -0.3 is 21.6 Å². The van der Waals surface area contributed by atoms with Crippen molar-refractivity contribution in [1.29, 1.82) is 10.8 Å². The molecule has 0 atom stereocenters. The number of nitrogens with two attached hydrogens (primary N) is 2. The van der Waals surface area contributed by atoms with Crippen molar-refractivity contribution >= 4 is 34.4 Å². The predicted molar refractivity (Wildman–Crippen MR) is 83.7 cm³/mol. The molecule has 0 aliphatic carbocycles. The van der Waals surface area contributed by atoms with E-state index in [1.807, 2.05) is 6.07 Å². The molecule has 1 heterocycles. The minimum absolute atomic E-state index is 0.113. The lowest BCUT2D eigenvalue weighted by atomic mass is 10.1. The molecule has 9 nitrogen and oxygen atoms in total. The van der Waals surface area contributed by atoms with Crippen LogP contribution in [0.4, 0.5) is 9.93 Å². The van der Waals surface area contributed by atoms with E-state index in [0.29, 0.717) is 16.4 Å². The van der Waals surface area contributed by atoms with E-state index in [1.54, 1.807) is 23.6 Å². The highest BCUT2D eigenvalue weighted by Crippen LogP contribution is 2.25. The van der Waals surface area contributed by atoms with Gasteiger partial charge in [0.25, 0.3) is 0 Å². The highest BCUT2D eigenvalue weighted by atomic mass is 32.1. The Labute approximate surface area is 129 Å². The van der Waals surface area contributed by atoms with Gasteiger partial charge in [0.15, 0.2) is 16.9 Å². The van der Waals surface area contributed by atoms with Gasteiger partial charge in [-0.15, -0.1) is 11.3 Å². The maximum absolute atomic E-state index is 10.5. The molecule has 0 aliphatic rings. The van der Waals surface area contributed by atoms with Crippen LogP contribution in [0.5, 0.6) is 0 Å². The molecule has 8 N–H and O–H groups in total. The van der Waals surface area contributed by atoms with Crippen LogP contribution < -0.4 is 22.3 Å². The van der Waals surface area contributed by atoms with Crippen LogP contribution in [0.15, 0.2) is 29.6 Å². The number of thiazole rings is 1. The summed E-state index contributed by atoms with van der Waals surface area (Å²) in [6.45, 7) is 0. The van der Waals surface area contributed by atoms with Crippen molar-refractivity contribution in [3.05, 3.63) is 35.2 Å². The standard InChI is InChI=1S/C12H13N7O2S/c13-9(19-21-11(16)20)7-3-1-2-6(4-7)8-5-22-12(17-8)18-10(14)15/h1-5H,(H2,13,19)(H2,16,20)(H4,14,15,17,18). The van der Waals surface area contributed by atoms with Crippen molar-refractivity contribution in [2.45, 2.75) is 0 Å². The summed E-state index contributed by atoms with van der Waals surface area (Å²) in [6, 6.07) is 6.93. The number of hydrogen-bond donors (Lipinski definition) is 6. The number of nitrogens with zero attached hydrogens (tertiary/aromatic N) is 1. The summed E-state index contributed by atoms with van der Waals surface area (Å²) < 4.78 is 0. The van der Waals surface area contributed by atoms with Gasteiger partial charge in [0, 0.05) is 16.5 Å². The van der Waals surface area contributed by atoms with E-state index in [2.05, 4.69) is 20.6 Å². The smallest absolute Gasteiger partial charge is 0.370 e. The molecule has 1 amide bonds. The number of aromatic nitrogens is 1. The molecule has 1 aromatic carbocycles. The Kier molecular flexibility index (Phi) is 4.53. The molecule has 114 valence electrons. The average molecular weight is 319 g/mol. The summed E-state index contributed by atoms with van der Waals surface area (Å²) in [4.78, 5) is 19.2. The zero-order valence-electron chi connectivity index (χ0n) is 11.2. The normalized spacial score (nSPS) is 9.82. The minimum atomic E-state index is -1.03. The van der Waals surface area contributed by atoms with Gasteiger partial charge in [0.05, 0.1) is 5.69 Å². The van der Waals surface area contributed by atoms with E-state index in [9.17, 15) is 4.79 Å². The number of nitrogens with one attached hydrogen (secondary N) is 4. The quantitative estimate of drug-likeness (QED) is 0.281. The zero-order valence-corrected chi connectivity index (χ0v) is 12.0. The summed E-state index contributed by atoms with van der Waals surface area (Å²) in [5.74, 6) is -0.304. The number of guanidine groups is 1. The summed E-state index contributed by atoms with van der Waals surface area (Å²) in [7, 11) is 0. The Hall–Kier alpha value is -3.14. The van der Waals surface area contributed by atoms with Gasteiger partial charge in [-0.1, -0.05) is 18.2 Å². The molecule has 0 saturated heterocycles. The third-order valence-electron chi connectivity index (χ3n) is 2.45. The highest BCUT2D eigenvalue weighted by Gasteiger charge is 2.08. The number of rotatable bonds is 3. The monoisotopic (exact) mass is 319 g/mol. The minimum Gasteiger partial charge on any atom is -0.370 e. The second-order valence-electron chi connectivity index (χ2n) is 4.06. The van der Waals surface area contributed by atoms with Crippen LogP contribution in [0.3, 0.4) is 0 Å². The Bertz CT molecular complexity index is 728. The molecule has 10 heteroatoms. The van der Waals surface area contributed by atoms with E-state index in [-0.39, 0.29) is 11.8 Å². The van der Waals surface area contributed by atoms with E-state index < -0.39 is 6.09 Å². The number of carbonyl (C=O) groups is 1. The van der Waals surface area contributed by atoms with Gasteiger partial charge in [-0.2, -0.15) is 5.48 Å². The lowest BCUT2D eigenvalue weighted by Crippen LogP contribution is -2.29. The van der Waals surface area contributed by atoms with Crippen LogP contribution in [0, 0.1) is 10.8 Å². The van der Waals surface area contributed by atoms with Crippen molar-refractivity contribution in [2.75, 3.05) is 5.32 Å². The Morgan fingerprint density at radius 3 is 2.77 bits per heavy atom. The Morgan fingerprint density at radius 2 is 2.09 bits per heavy atom. The number of amides is 1. The molecule has 0 saturated carbocycles. The first kappa shape index (κ1) is 15.3. The topological polar surface area (TPSA) is 163 Å². The molecule has 0 unspecified atom stereocenters. The van der Waals surface area contributed by atoms with Gasteiger partial charge in [0.1, 0.15) is 0 Å². The molecular formula is C12H13N7O2S. The molecule has 22 heavy (non-hydrogen) atoms. The van der Waals surface area contributed by atoms with E-state index >= 15 is 0 Å². The molecule has 0 bridgehead atoms. The average Bonchev–Trinajstić information content (AvgIpc) is 2.92. The molecule has 0 spiro atoms. The van der Waals surface area contributed by atoms with Crippen LogP contribution in [-0.2, 0) is 4.84 Å². The van der Waals surface area contributed by atoms with Crippen molar-refractivity contribution in [3.63, 3.8) is 0 Å². The highest BCUT2D eigenvalue weighted by molar-refractivity contribution is 7.14. The number of anilines is 1. The fourth-order valence-corrected chi connectivity index (χ4v) is 2.31. The molecule has 0 aliphatic heterocycles. The zero-order chi connectivity index (χ0) is 16.1. The van der Waals surface area contributed by atoms with Crippen LogP contribution in [-0.4, -0.2) is 22.9 Å². The number of amidine groups is 1. The summed E-state index contributed by atoms with van der Waals surface area (Å²) in [5.41, 5.74) is 14.1. The van der Waals surface area contributed by atoms with Gasteiger partial charge in [-0.3, -0.25) is 10.8 Å². The van der Waals surface area contributed by atoms with E-state index in [4.69, 9.17) is 22.3 Å². The number of primary amides is 1. The first-order valence-electron chi connectivity index (χ1n) is 5.94. The molecular weight excluding hydrogens is 306 g/mol. The number of carbonyl (C=O) groups excluding carboxylic acids is 1. The van der Waals surface area contributed by atoms with Crippen molar-refractivity contribution in [1.82, 2.24) is 10.5 Å². The molecule has 0 radical (unpaired) electrons. The van der Waals surface area contributed by atoms with E-state index in [1.165, 1.54) is 11.3 Å². The molecule has 0 fully saturated rings. The lowest BCUT2D eigenvalue weighted by molar-refractivity contribution is 0.130. The third kappa shape index (κ3) is 3.93. The van der Waals surface area contributed by atoms with Crippen LogP contribution in [0.1, 0.15) is 5.56 Å². The van der Waals surface area contributed by atoms with Gasteiger partial charge in [-0.05, 0) is 6.07 Å². The van der Waals surface area contributed by atoms with Crippen LogP contribution in [0.2, 0.25) is 0 Å². The molecule has 1 aromatic heterocycles. The maximum atomic E-state index is 10.5. The fourth-order valence-electron chi connectivity index (χ4n) is 1.57. The van der Waals surface area contributed by atoms with Crippen molar-refractivity contribution < 1.29 is 9.63 Å². The summed E-state index contributed by atoms with van der Waals surface area (Å²) in [6.07, 6.45) is -1.03. The molecule has 2 aromatic rings. The van der Waals surface area contributed by atoms with Crippen molar-refractivity contribution in [3.8, 4) is 11.3 Å². The largest absolute Gasteiger partial charge is 0.428 e. The number of benzene rings is 1. The Morgan fingerprint density at radius 1 is 1.32 bits per heavy atom. The van der Waals surface area contributed by atoms with Gasteiger partial charge in [0.2, 0.25) is 0 Å². The van der Waals surface area contributed by atoms with Crippen LogP contribution in [0.25, 0.3) is 11.3 Å². The lowest BCUT2D eigenvalue weighted by Gasteiger charge is -2.07. The maximum Gasteiger partial charge on any atom is 0.428 e.